The van der Waals surface area contributed by atoms with Gasteiger partial charge in [0.1, 0.15) is 6.42 Å². The molecule has 1 amide bonds. The second kappa shape index (κ2) is 5.64. The highest BCUT2D eigenvalue weighted by atomic mass is 16.2. The maximum Gasteiger partial charge on any atom is 0.236 e. The van der Waals surface area contributed by atoms with E-state index in [-0.39, 0.29) is 17.7 Å². The molecule has 0 atom stereocenters. The van der Waals surface area contributed by atoms with Crippen LogP contribution in [0, 0.1) is 16.7 Å². The molecular weight excluding hydrogens is 176 g/mol. The van der Waals surface area contributed by atoms with Crippen molar-refractivity contribution in [3.05, 3.63) is 0 Å². The highest BCUT2D eigenvalue weighted by Gasteiger charge is 2.31. The van der Waals surface area contributed by atoms with Crippen LogP contribution in [0.1, 0.15) is 40.5 Å². The summed E-state index contributed by atoms with van der Waals surface area (Å²) in [7, 11) is 0. The Morgan fingerprint density at radius 3 is 2.43 bits per heavy atom. The lowest BCUT2D eigenvalue weighted by molar-refractivity contribution is -0.129. The Labute approximate surface area is 86.7 Å². The normalized spacial score (nSPS) is 18.1. The lowest BCUT2D eigenvalue weighted by atomic mass is 9.93. The molecule has 0 aromatic heterocycles. The zero-order valence-corrected chi connectivity index (χ0v) is 9.63. The maximum absolute atomic E-state index is 11.2. The third-order valence-electron chi connectivity index (χ3n) is 2.26. The van der Waals surface area contributed by atoms with Crippen LogP contribution in [-0.2, 0) is 4.79 Å². The smallest absolute Gasteiger partial charge is 0.236 e. The number of rotatable bonds is 1. The average Bonchev–Trinajstić information content (AvgIpc) is 2.50. The predicted octanol–water partition coefficient (Wildman–Crippen LogP) is 2.18. The number of likely N-dealkylation sites (tertiary alicyclic amines) is 1. The highest BCUT2D eigenvalue weighted by molar-refractivity contribution is 5.78. The number of amides is 1. The fourth-order valence-electron chi connectivity index (χ4n) is 1.50. The molecule has 3 heteroatoms. The number of nitrogens with zero attached hydrogens (tertiary/aromatic N) is 2. The fourth-order valence-corrected chi connectivity index (χ4v) is 1.50. The monoisotopic (exact) mass is 196 g/mol. The molecule has 1 saturated heterocycles. The predicted molar refractivity (Wildman–Crippen MR) is 56.6 cm³/mol. The molecule has 0 aliphatic carbocycles. The van der Waals surface area contributed by atoms with Crippen LogP contribution in [0.25, 0.3) is 0 Å². The summed E-state index contributed by atoms with van der Waals surface area (Å²) in [6.45, 7) is 9.90. The molecule has 1 rings (SSSR count). The minimum Gasteiger partial charge on any atom is -0.341 e. The van der Waals surface area contributed by atoms with Crippen molar-refractivity contribution >= 4 is 5.91 Å². The second-order valence-corrected chi connectivity index (χ2v) is 4.06. The van der Waals surface area contributed by atoms with Gasteiger partial charge in [-0.15, -0.1) is 0 Å². The van der Waals surface area contributed by atoms with Gasteiger partial charge >= 0.3 is 0 Å². The van der Waals surface area contributed by atoms with E-state index in [1.54, 1.807) is 4.90 Å². The molecule has 0 aromatic rings. The molecule has 0 unspecified atom stereocenters. The van der Waals surface area contributed by atoms with Crippen LogP contribution in [0.4, 0.5) is 0 Å². The molecule has 80 valence electrons. The Morgan fingerprint density at radius 2 is 2.07 bits per heavy atom. The van der Waals surface area contributed by atoms with Crippen LogP contribution in [0.15, 0.2) is 0 Å². The Hall–Kier alpha value is -1.04. The van der Waals surface area contributed by atoms with Gasteiger partial charge in [0.25, 0.3) is 0 Å². The summed E-state index contributed by atoms with van der Waals surface area (Å²) in [4.78, 5) is 13.0. The van der Waals surface area contributed by atoms with Gasteiger partial charge in [-0.25, -0.2) is 0 Å². The summed E-state index contributed by atoms with van der Waals surface area (Å²) >= 11 is 0. The van der Waals surface area contributed by atoms with Crippen molar-refractivity contribution in [1.29, 1.82) is 5.26 Å². The molecule has 0 bridgehead atoms. The number of carbonyl (C=O) groups excluding carboxylic acids is 1. The SMILES string of the molecule is CC.CC1(C)CCN(C(=O)CC#N)C1. The van der Waals surface area contributed by atoms with Crippen molar-refractivity contribution < 1.29 is 4.79 Å². The van der Waals surface area contributed by atoms with Gasteiger partial charge in [0.05, 0.1) is 6.07 Å². The first kappa shape index (κ1) is 13.0. The summed E-state index contributed by atoms with van der Waals surface area (Å²) < 4.78 is 0. The Bertz CT molecular complexity index is 228. The van der Waals surface area contributed by atoms with Crippen LogP contribution in [0.5, 0.6) is 0 Å². The molecule has 0 spiro atoms. The third-order valence-corrected chi connectivity index (χ3v) is 2.26. The van der Waals surface area contributed by atoms with E-state index in [0.717, 1.165) is 19.5 Å². The lowest BCUT2D eigenvalue weighted by Gasteiger charge is -2.18. The van der Waals surface area contributed by atoms with Gasteiger partial charge < -0.3 is 4.90 Å². The van der Waals surface area contributed by atoms with Crippen molar-refractivity contribution in [1.82, 2.24) is 4.90 Å². The van der Waals surface area contributed by atoms with E-state index in [1.807, 2.05) is 19.9 Å². The van der Waals surface area contributed by atoms with Gasteiger partial charge in [0.15, 0.2) is 0 Å². The number of carbonyl (C=O) groups is 1. The Balaban J connectivity index is 0.000000791. The summed E-state index contributed by atoms with van der Waals surface area (Å²) in [6.07, 6.45) is 1.07. The molecule has 3 nitrogen and oxygen atoms in total. The highest BCUT2D eigenvalue weighted by Crippen LogP contribution is 2.28. The van der Waals surface area contributed by atoms with Crippen LogP contribution in [-0.4, -0.2) is 23.9 Å². The van der Waals surface area contributed by atoms with E-state index in [1.165, 1.54) is 0 Å². The first-order chi connectivity index (χ1) is 6.55. The first-order valence-electron chi connectivity index (χ1n) is 5.20. The summed E-state index contributed by atoms with van der Waals surface area (Å²) in [5.41, 5.74) is 0.241. The van der Waals surface area contributed by atoms with Crippen molar-refractivity contribution in [2.24, 2.45) is 5.41 Å². The molecule has 0 aromatic carbocycles. The summed E-state index contributed by atoms with van der Waals surface area (Å²) in [5.74, 6) is -0.0249. The molecule has 0 saturated carbocycles. The van der Waals surface area contributed by atoms with Crippen LogP contribution in [0.3, 0.4) is 0 Å². The van der Waals surface area contributed by atoms with E-state index in [9.17, 15) is 4.79 Å². The van der Waals surface area contributed by atoms with Crippen molar-refractivity contribution in [2.75, 3.05) is 13.1 Å². The average molecular weight is 196 g/mol. The van der Waals surface area contributed by atoms with Gasteiger partial charge in [-0.05, 0) is 11.8 Å². The second-order valence-electron chi connectivity index (χ2n) is 4.06. The van der Waals surface area contributed by atoms with Gasteiger partial charge in [-0.1, -0.05) is 27.7 Å². The molecule has 0 N–H and O–H groups in total. The number of hydrogen-bond acceptors (Lipinski definition) is 2. The van der Waals surface area contributed by atoms with E-state index in [4.69, 9.17) is 5.26 Å². The largest absolute Gasteiger partial charge is 0.341 e. The number of nitriles is 1. The number of hydrogen-bond donors (Lipinski definition) is 0. The van der Waals surface area contributed by atoms with Crippen molar-refractivity contribution in [3.63, 3.8) is 0 Å². The van der Waals surface area contributed by atoms with Gasteiger partial charge in [0, 0.05) is 13.1 Å². The molecule has 0 radical (unpaired) electrons. The Morgan fingerprint density at radius 1 is 1.50 bits per heavy atom. The maximum atomic E-state index is 11.2. The minimum atomic E-state index is -0.0249. The molecular formula is C11H20N2O. The summed E-state index contributed by atoms with van der Waals surface area (Å²) in [5, 5.41) is 8.33. The van der Waals surface area contributed by atoms with Gasteiger partial charge in [-0.3, -0.25) is 4.79 Å². The molecule has 1 fully saturated rings. The van der Waals surface area contributed by atoms with Crippen LogP contribution >= 0.6 is 0 Å². The minimum absolute atomic E-state index is 0.0239. The molecule has 14 heavy (non-hydrogen) atoms. The first-order valence-corrected chi connectivity index (χ1v) is 5.20. The summed E-state index contributed by atoms with van der Waals surface area (Å²) in [6, 6.07) is 1.88. The lowest BCUT2D eigenvalue weighted by Crippen LogP contribution is -2.29. The zero-order valence-electron chi connectivity index (χ0n) is 9.63. The van der Waals surface area contributed by atoms with Crippen molar-refractivity contribution in [3.8, 4) is 6.07 Å². The van der Waals surface area contributed by atoms with E-state index < -0.39 is 0 Å². The third kappa shape index (κ3) is 3.78. The standard InChI is InChI=1S/C9H14N2O.C2H6/c1-9(2)4-6-11(7-9)8(12)3-5-10;1-2/h3-4,6-7H2,1-2H3;1-2H3. The van der Waals surface area contributed by atoms with E-state index in [0.29, 0.717) is 0 Å². The molecule has 1 aliphatic rings. The molecule has 1 heterocycles. The topological polar surface area (TPSA) is 44.1 Å². The quantitative estimate of drug-likeness (QED) is 0.645. The van der Waals surface area contributed by atoms with Gasteiger partial charge in [-0.2, -0.15) is 5.26 Å². The fraction of sp³-hybridized carbons (Fsp3) is 0.818. The van der Waals surface area contributed by atoms with Gasteiger partial charge in [0.2, 0.25) is 5.91 Å². The molecule has 1 aliphatic heterocycles. The van der Waals surface area contributed by atoms with E-state index in [2.05, 4.69) is 13.8 Å². The zero-order chi connectivity index (χ0) is 11.2. The Kier molecular flexibility index (Phi) is 5.22. The van der Waals surface area contributed by atoms with Crippen molar-refractivity contribution in [2.45, 2.75) is 40.5 Å². The van der Waals surface area contributed by atoms with Crippen LogP contribution in [0.2, 0.25) is 0 Å². The van der Waals surface area contributed by atoms with Crippen LogP contribution < -0.4 is 0 Å². The van der Waals surface area contributed by atoms with E-state index >= 15 is 0 Å².